The molecule has 4 heteroatoms. The minimum Gasteiger partial charge on any atom is -0.481 e. The first-order valence-corrected chi connectivity index (χ1v) is 3.76. The highest BCUT2D eigenvalue weighted by Gasteiger charge is 2.05. The number of benzene rings is 1. The highest BCUT2D eigenvalue weighted by Crippen LogP contribution is 2.12. The summed E-state index contributed by atoms with van der Waals surface area (Å²) in [6.45, 7) is 0. The van der Waals surface area contributed by atoms with E-state index in [-0.39, 0.29) is 6.42 Å². The molecule has 0 fully saturated rings. The van der Waals surface area contributed by atoms with Crippen LogP contribution in [0, 0.1) is 0 Å². The number of carbonyl (C=O) groups is 1. The number of hydrogen-bond donors (Lipinski definition) is 3. The molecule has 13 heavy (non-hydrogen) atoms. The van der Waals surface area contributed by atoms with Crippen molar-refractivity contribution in [2.24, 2.45) is 0 Å². The molecule has 1 rings (SSSR count). The molecule has 0 aliphatic rings. The molecule has 0 radical (unpaired) electrons. The van der Waals surface area contributed by atoms with Gasteiger partial charge in [0.1, 0.15) is 0 Å². The van der Waals surface area contributed by atoms with E-state index in [0.29, 0.717) is 11.1 Å². The Kier molecular flexibility index (Phi) is 3.00. The van der Waals surface area contributed by atoms with Crippen molar-refractivity contribution in [3.63, 3.8) is 0 Å². The van der Waals surface area contributed by atoms with E-state index in [9.17, 15) is 4.79 Å². The molecule has 0 unspecified atom stereocenters. The van der Waals surface area contributed by atoms with Crippen molar-refractivity contribution in [3.05, 3.63) is 35.4 Å². The summed E-state index contributed by atoms with van der Waals surface area (Å²) in [5.74, 6) is -0.940. The second kappa shape index (κ2) is 4.02. The Morgan fingerprint density at radius 1 is 1.38 bits per heavy atom. The van der Waals surface area contributed by atoms with Crippen LogP contribution in [0.2, 0.25) is 0 Å². The van der Waals surface area contributed by atoms with Gasteiger partial charge in [-0.05, 0) is 5.56 Å². The number of carboxylic acids is 1. The normalized spacial score (nSPS) is 10.4. The molecule has 0 atom stereocenters. The summed E-state index contributed by atoms with van der Waals surface area (Å²) in [6, 6.07) is 6.20. The largest absolute Gasteiger partial charge is 0.481 e. The molecule has 70 valence electrons. The van der Waals surface area contributed by atoms with E-state index in [1.165, 1.54) is 12.1 Å². The summed E-state index contributed by atoms with van der Waals surface area (Å²) in [4.78, 5) is 10.3. The van der Waals surface area contributed by atoms with Gasteiger partial charge in [-0.2, -0.15) is 0 Å². The fraction of sp³-hybridized carbons (Fsp3) is 0.222. The fourth-order valence-electron chi connectivity index (χ4n) is 1.04. The van der Waals surface area contributed by atoms with Crippen molar-refractivity contribution in [1.29, 1.82) is 0 Å². The molecule has 1 aromatic carbocycles. The first kappa shape index (κ1) is 9.70. The average molecular weight is 182 g/mol. The van der Waals surface area contributed by atoms with Crippen molar-refractivity contribution in [2.45, 2.75) is 12.7 Å². The first-order valence-electron chi connectivity index (χ1n) is 3.76. The Balaban J connectivity index is 2.85. The number of aliphatic hydroxyl groups is 2. The van der Waals surface area contributed by atoms with E-state index in [1.54, 1.807) is 12.1 Å². The van der Waals surface area contributed by atoms with E-state index < -0.39 is 12.3 Å². The Bertz CT molecular complexity index is 306. The molecule has 3 N–H and O–H groups in total. The standard InChI is InChI=1S/C9H10O4/c10-8(11)5-6-2-1-3-7(4-6)9(12)13/h1-4,9,12-13H,5H2,(H,10,11). The molecule has 0 aliphatic heterocycles. The van der Waals surface area contributed by atoms with Gasteiger partial charge in [0.05, 0.1) is 6.42 Å². The van der Waals surface area contributed by atoms with Gasteiger partial charge in [0, 0.05) is 5.56 Å². The third-order valence-corrected chi connectivity index (χ3v) is 1.60. The van der Waals surface area contributed by atoms with Crippen LogP contribution >= 0.6 is 0 Å². The third-order valence-electron chi connectivity index (χ3n) is 1.60. The summed E-state index contributed by atoms with van der Waals surface area (Å²) < 4.78 is 0. The van der Waals surface area contributed by atoms with Gasteiger partial charge >= 0.3 is 5.97 Å². The predicted molar refractivity (Wildman–Crippen MR) is 45.0 cm³/mol. The van der Waals surface area contributed by atoms with Gasteiger partial charge < -0.3 is 15.3 Å². The number of hydrogen-bond acceptors (Lipinski definition) is 3. The van der Waals surface area contributed by atoms with Crippen LogP contribution in [0.15, 0.2) is 24.3 Å². The summed E-state index contributed by atoms with van der Waals surface area (Å²) in [6.07, 6.45) is -1.66. The van der Waals surface area contributed by atoms with E-state index in [1.807, 2.05) is 0 Å². The monoisotopic (exact) mass is 182 g/mol. The second-order valence-corrected chi connectivity index (χ2v) is 2.69. The van der Waals surface area contributed by atoms with Crippen LogP contribution in [0.4, 0.5) is 0 Å². The Morgan fingerprint density at radius 3 is 2.62 bits per heavy atom. The van der Waals surface area contributed by atoms with Crippen LogP contribution in [0.3, 0.4) is 0 Å². The molecule has 4 nitrogen and oxygen atoms in total. The molecule has 0 aliphatic carbocycles. The van der Waals surface area contributed by atoms with Crippen molar-refractivity contribution in [3.8, 4) is 0 Å². The van der Waals surface area contributed by atoms with Crippen LogP contribution in [0.5, 0.6) is 0 Å². The topological polar surface area (TPSA) is 77.8 Å². The van der Waals surface area contributed by atoms with Crippen molar-refractivity contribution in [2.75, 3.05) is 0 Å². The maximum atomic E-state index is 10.3. The molecule has 0 aromatic heterocycles. The quantitative estimate of drug-likeness (QED) is 0.587. The van der Waals surface area contributed by atoms with Crippen molar-refractivity contribution >= 4 is 5.97 Å². The Labute approximate surface area is 75.1 Å². The lowest BCUT2D eigenvalue weighted by Gasteiger charge is -2.04. The van der Waals surface area contributed by atoms with Crippen LogP contribution in [0.1, 0.15) is 17.4 Å². The van der Waals surface area contributed by atoms with Gasteiger partial charge in [-0.1, -0.05) is 24.3 Å². The highest BCUT2D eigenvalue weighted by atomic mass is 16.5. The number of aliphatic hydroxyl groups excluding tert-OH is 1. The number of rotatable bonds is 3. The van der Waals surface area contributed by atoms with Gasteiger partial charge in [0.25, 0.3) is 0 Å². The van der Waals surface area contributed by atoms with E-state index in [4.69, 9.17) is 15.3 Å². The fourth-order valence-corrected chi connectivity index (χ4v) is 1.04. The van der Waals surface area contributed by atoms with E-state index in [0.717, 1.165) is 0 Å². The smallest absolute Gasteiger partial charge is 0.307 e. The van der Waals surface area contributed by atoms with Gasteiger partial charge in [0.2, 0.25) is 0 Å². The highest BCUT2D eigenvalue weighted by molar-refractivity contribution is 5.70. The lowest BCUT2D eigenvalue weighted by molar-refractivity contribution is -0.136. The maximum absolute atomic E-state index is 10.3. The molecule has 0 spiro atoms. The molecule has 0 saturated carbocycles. The maximum Gasteiger partial charge on any atom is 0.307 e. The molecular formula is C9H10O4. The minimum absolute atomic E-state index is 0.111. The van der Waals surface area contributed by atoms with Gasteiger partial charge in [0.15, 0.2) is 6.29 Å². The van der Waals surface area contributed by atoms with Gasteiger partial charge in [-0.15, -0.1) is 0 Å². The third kappa shape index (κ3) is 2.85. The lowest BCUT2D eigenvalue weighted by Crippen LogP contribution is -2.02. The Hall–Kier alpha value is -1.39. The predicted octanol–water partition coefficient (Wildman–Crippen LogP) is 0.297. The molecule has 0 heterocycles. The number of carboxylic acid groups (broad SMARTS) is 1. The summed E-state index contributed by atoms with van der Waals surface area (Å²) in [5, 5.41) is 26.1. The van der Waals surface area contributed by atoms with E-state index >= 15 is 0 Å². The minimum atomic E-state index is -1.55. The summed E-state index contributed by atoms with van der Waals surface area (Å²) >= 11 is 0. The Morgan fingerprint density at radius 2 is 2.08 bits per heavy atom. The zero-order valence-corrected chi connectivity index (χ0v) is 6.84. The zero-order valence-electron chi connectivity index (χ0n) is 6.84. The van der Waals surface area contributed by atoms with Crippen LogP contribution < -0.4 is 0 Å². The molecule has 1 aromatic rings. The molecular weight excluding hydrogens is 172 g/mol. The summed E-state index contributed by atoms with van der Waals surface area (Å²) in [7, 11) is 0. The van der Waals surface area contributed by atoms with Crippen molar-refractivity contribution in [1.82, 2.24) is 0 Å². The van der Waals surface area contributed by atoms with Crippen LogP contribution in [-0.2, 0) is 11.2 Å². The lowest BCUT2D eigenvalue weighted by atomic mass is 10.1. The average Bonchev–Trinajstić information content (AvgIpc) is 2.03. The molecule has 0 bridgehead atoms. The number of aliphatic carboxylic acids is 1. The van der Waals surface area contributed by atoms with Crippen molar-refractivity contribution < 1.29 is 20.1 Å². The van der Waals surface area contributed by atoms with E-state index in [2.05, 4.69) is 0 Å². The second-order valence-electron chi connectivity index (χ2n) is 2.69. The van der Waals surface area contributed by atoms with Gasteiger partial charge in [-0.3, -0.25) is 4.79 Å². The molecule has 0 saturated heterocycles. The first-order chi connectivity index (χ1) is 6.09. The SMILES string of the molecule is O=C(O)Cc1cccc(C(O)O)c1. The van der Waals surface area contributed by atoms with Crippen LogP contribution in [0.25, 0.3) is 0 Å². The zero-order chi connectivity index (χ0) is 9.84. The summed E-state index contributed by atoms with van der Waals surface area (Å²) in [5.41, 5.74) is 0.858. The van der Waals surface area contributed by atoms with Crippen LogP contribution in [-0.4, -0.2) is 21.3 Å². The van der Waals surface area contributed by atoms with Gasteiger partial charge in [-0.25, -0.2) is 0 Å². The molecule has 0 amide bonds.